The first-order chi connectivity index (χ1) is 12.0. The number of ether oxygens (including phenoxy) is 1. The van der Waals surface area contributed by atoms with Crippen LogP contribution in [0.5, 0.6) is 0 Å². The number of anilines is 1. The Balaban J connectivity index is 1.86. The van der Waals surface area contributed by atoms with Gasteiger partial charge in [0, 0.05) is 35.2 Å². The van der Waals surface area contributed by atoms with E-state index >= 15 is 0 Å². The molecular formula is C20H16FNO3. The third kappa shape index (κ3) is 2.52. The van der Waals surface area contributed by atoms with E-state index in [0.29, 0.717) is 24.0 Å². The molecule has 4 rings (SSSR count). The first-order valence-electron chi connectivity index (χ1n) is 8.08. The summed E-state index contributed by atoms with van der Waals surface area (Å²) >= 11 is 0. The summed E-state index contributed by atoms with van der Waals surface area (Å²) in [5, 5.41) is 2.86. The maximum absolute atomic E-state index is 13.3. The van der Waals surface area contributed by atoms with Gasteiger partial charge in [0.1, 0.15) is 5.82 Å². The summed E-state index contributed by atoms with van der Waals surface area (Å²) in [5.41, 5.74) is 2.48. The molecule has 1 atom stereocenters. The molecular weight excluding hydrogens is 321 g/mol. The molecule has 0 aromatic heterocycles. The van der Waals surface area contributed by atoms with Crippen LogP contribution >= 0.6 is 0 Å². The third-order valence-corrected chi connectivity index (χ3v) is 4.80. The van der Waals surface area contributed by atoms with Gasteiger partial charge in [-0.15, -0.1) is 0 Å². The van der Waals surface area contributed by atoms with Crippen molar-refractivity contribution in [2.45, 2.75) is 24.9 Å². The molecule has 2 aliphatic rings. The number of nitrogens with one attached hydrogen (secondary N) is 1. The lowest BCUT2D eigenvalue weighted by molar-refractivity contribution is -0.144. The van der Waals surface area contributed by atoms with Crippen LogP contribution < -0.4 is 5.32 Å². The summed E-state index contributed by atoms with van der Waals surface area (Å²) in [7, 11) is 0. The van der Waals surface area contributed by atoms with E-state index in [1.807, 2.05) is 18.2 Å². The number of esters is 1. The van der Waals surface area contributed by atoms with Crippen molar-refractivity contribution in [3.8, 4) is 0 Å². The third-order valence-electron chi connectivity index (χ3n) is 4.80. The predicted octanol–water partition coefficient (Wildman–Crippen LogP) is 3.46. The Kier molecular flexibility index (Phi) is 3.46. The van der Waals surface area contributed by atoms with Crippen LogP contribution in [0, 0.1) is 5.82 Å². The molecule has 5 heteroatoms. The fourth-order valence-corrected chi connectivity index (χ4v) is 3.47. The van der Waals surface area contributed by atoms with Gasteiger partial charge in [-0.05, 0) is 30.2 Å². The first kappa shape index (κ1) is 15.6. The largest absolute Gasteiger partial charge is 0.446 e. The van der Waals surface area contributed by atoms with E-state index in [1.54, 1.807) is 12.1 Å². The molecule has 0 radical (unpaired) electrons. The lowest BCUT2D eigenvalue weighted by atomic mass is 9.82. The van der Waals surface area contributed by atoms with Crippen molar-refractivity contribution in [2.24, 2.45) is 0 Å². The van der Waals surface area contributed by atoms with Crippen LogP contribution in [0.1, 0.15) is 29.5 Å². The molecule has 2 heterocycles. The van der Waals surface area contributed by atoms with Crippen LogP contribution in [0.2, 0.25) is 0 Å². The Morgan fingerprint density at radius 1 is 1.04 bits per heavy atom. The van der Waals surface area contributed by atoms with E-state index in [0.717, 1.165) is 16.8 Å². The van der Waals surface area contributed by atoms with E-state index in [9.17, 15) is 14.0 Å². The van der Waals surface area contributed by atoms with Crippen molar-refractivity contribution in [2.75, 3.05) is 5.32 Å². The Bertz CT molecular complexity index is 886. The number of rotatable bonds is 2. The Morgan fingerprint density at radius 2 is 1.76 bits per heavy atom. The number of carbonyl (C=O) groups is 2. The minimum absolute atomic E-state index is 0.0340. The van der Waals surface area contributed by atoms with E-state index in [4.69, 9.17) is 4.74 Å². The summed E-state index contributed by atoms with van der Waals surface area (Å²) in [5.74, 6) is -0.862. The minimum atomic E-state index is -1.06. The van der Waals surface area contributed by atoms with Crippen molar-refractivity contribution in [3.63, 3.8) is 0 Å². The van der Waals surface area contributed by atoms with Gasteiger partial charge in [0.2, 0.25) is 5.91 Å². The van der Waals surface area contributed by atoms with Crippen LogP contribution in [0.4, 0.5) is 10.1 Å². The fourth-order valence-electron chi connectivity index (χ4n) is 3.47. The molecule has 2 aromatic carbocycles. The molecule has 0 aliphatic carbocycles. The zero-order valence-electron chi connectivity index (χ0n) is 13.5. The molecule has 1 fully saturated rings. The number of hydrogen-bond acceptors (Lipinski definition) is 3. The number of aryl methyl sites for hydroxylation is 1. The molecule has 2 aliphatic heterocycles. The Morgan fingerprint density at radius 3 is 2.44 bits per heavy atom. The molecule has 126 valence electrons. The Hall–Kier alpha value is -2.95. The quantitative estimate of drug-likeness (QED) is 0.674. The SMILES string of the molecule is C=C1CC(c2ccc(F)cc2)(c2ccc3c(c2)NC(=O)CC3)OC1=O. The second-order valence-electron chi connectivity index (χ2n) is 6.42. The number of hydrogen-bond donors (Lipinski definition) is 1. The highest BCUT2D eigenvalue weighted by Crippen LogP contribution is 2.45. The van der Waals surface area contributed by atoms with Gasteiger partial charge >= 0.3 is 5.97 Å². The number of benzene rings is 2. The van der Waals surface area contributed by atoms with Crippen LogP contribution in [-0.4, -0.2) is 11.9 Å². The summed E-state index contributed by atoms with van der Waals surface area (Å²) in [4.78, 5) is 23.8. The highest BCUT2D eigenvalue weighted by molar-refractivity contribution is 5.94. The van der Waals surface area contributed by atoms with Crippen molar-refractivity contribution in [3.05, 3.63) is 77.1 Å². The molecule has 0 bridgehead atoms. The maximum atomic E-state index is 13.3. The van der Waals surface area contributed by atoms with Gasteiger partial charge in [0.25, 0.3) is 0 Å². The highest BCUT2D eigenvalue weighted by Gasteiger charge is 2.46. The predicted molar refractivity (Wildman–Crippen MR) is 90.4 cm³/mol. The number of carbonyl (C=O) groups excluding carboxylic acids is 2. The maximum Gasteiger partial charge on any atom is 0.334 e. The number of fused-ring (bicyclic) bond motifs is 1. The fraction of sp³-hybridized carbons (Fsp3) is 0.200. The molecule has 1 amide bonds. The van der Waals surface area contributed by atoms with Gasteiger partial charge in [-0.3, -0.25) is 4.79 Å². The number of cyclic esters (lactones) is 1. The molecule has 0 saturated carbocycles. The van der Waals surface area contributed by atoms with E-state index < -0.39 is 11.6 Å². The van der Waals surface area contributed by atoms with E-state index in [1.165, 1.54) is 12.1 Å². The van der Waals surface area contributed by atoms with Crippen LogP contribution in [0.15, 0.2) is 54.6 Å². The van der Waals surface area contributed by atoms with Gasteiger partial charge < -0.3 is 10.1 Å². The second-order valence-corrected chi connectivity index (χ2v) is 6.42. The minimum Gasteiger partial charge on any atom is -0.446 e. The number of halogens is 1. The summed E-state index contributed by atoms with van der Waals surface area (Å²) in [6.07, 6.45) is 1.42. The molecule has 4 nitrogen and oxygen atoms in total. The summed E-state index contributed by atoms with van der Waals surface area (Å²) < 4.78 is 19.1. The Labute approximate surface area is 144 Å². The first-order valence-corrected chi connectivity index (χ1v) is 8.08. The van der Waals surface area contributed by atoms with Crippen molar-refractivity contribution < 1.29 is 18.7 Å². The van der Waals surface area contributed by atoms with Gasteiger partial charge in [-0.2, -0.15) is 0 Å². The van der Waals surface area contributed by atoms with Crippen LogP contribution in [-0.2, 0) is 26.3 Å². The average molecular weight is 337 g/mol. The van der Waals surface area contributed by atoms with Crippen molar-refractivity contribution in [1.29, 1.82) is 0 Å². The molecule has 1 N–H and O–H groups in total. The molecule has 2 aromatic rings. The molecule has 0 spiro atoms. The lowest BCUT2D eigenvalue weighted by Crippen LogP contribution is -2.28. The molecule has 1 unspecified atom stereocenters. The van der Waals surface area contributed by atoms with E-state index in [-0.39, 0.29) is 18.1 Å². The van der Waals surface area contributed by atoms with Crippen molar-refractivity contribution in [1.82, 2.24) is 0 Å². The van der Waals surface area contributed by atoms with Crippen LogP contribution in [0.25, 0.3) is 0 Å². The molecule has 1 saturated heterocycles. The van der Waals surface area contributed by atoms with Gasteiger partial charge in [-0.1, -0.05) is 30.8 Å². The highest BCUT2D eigenvalue weighted by atomic mass is 19.1. The van der Waals surface area contributed by atoms with Gasteiger partial charge in [0.15, 0.2) is 5.60 Å². The summed E-state index contributed by atoms with van der Waals surface area (Å²) in [6.45, 7) is 3.78. The summed E-state index contributed by atoms with van der Waals surface area (Å²) in [6, 6.07) is 11.6. The topological polar surface area (TPSA) is 55.4 Å². The van der Waals surface area contributed by atoms with Crippen LogP contribution in [0.3, 0.4) is 0 Å². The molecule has 25 heavy (non-hydrogen) atoms. The lowest BCUT2D eigenvalue weighted by Gasteiger charge is -2.30. The standard InChI is InChI=1S/C20H16FNO3/c1-12-11-20(25-19(12)24,14-5-7-16(21)8-6-14)15-4-2-13-3-9-18(23)22-17(13)10-15/h2,4-8,10H,1,3,9,11H2,(H,22,23). The van der Waals surface area contributed by atoms with Gasteiger partial charge in [0.05, 0.1) is 0 Å². The number of amides is 1. The normalized spacial score (nSPS) is 22.4. The van der Waals surface area contributed by atoms with Crippen molar-refractivity contribution >= 4 is 17.6 Å². The second kappa shape index (κ2) is 5.55. The zero-order valence-corrected chi connectivity index (χ0v) is 13.5. The van der Waals surface area contributed by atoms with E-state index in [2.05, 4.69) is 11.9 Å². The average Bonchev–Trinajstić information content (AvgIpc) is 2.91. The zero-order chi connectivity index (χ0) is 17.6. The van der Waals surface area contributed by atoms with Gasteiger partial charge in [-0.25, -0.2) is 9.18 Å². The monoisotopic (exact) mass is 337 g/mol. The smallest absolute Gasteiger partial charge is 0.334 e.